The van der Waals surface area contributed by atoms with E-state index in [9.17, 15) is 8.42 Å². The van der Waals surface area contributed by atoms with E-state index in [0.29, 0.717) is 19.0 Å². The number of hydrogen-bond donors (Lipinski definition) is 1. The van der Waals surface area contributed by atoms with Crippen LogP contribution in [0.1, 0.15) is 33.6 Å². The van der Waals surface area contributed by atoms with Gasteiger partial charge < -0.3 is 10.6 Å². The van der Waals surface area contributed by atoms with Crippen LogP contribution in [0.3, 0.4) is 0 Å². The highest BCUT2D eigenvalue weighted by Crippen LogP contribution is 2.15. The summed E-state index contributed by atoms with van der Waals surface area (Å²) in [5.74, 6) is 1.24. The smallest absolute Gasteiger partial charge is 0.215 e. The third-order valence-corrected chi connectivity index (χ3v) is 5.83. The second kappa shape index (κ2) is 9.83. The van der Waals surface area contributed by atoms with Crippen LogP contribution in [0, 0.1) is 5.92 Å². The van der Waals surface area contributed by atoms with Gasteiger partial charge in [-0.05, 0) is 18.8 Å². The fourth-order valence-corrected chi connectivity index (χ4v) is 3.73. The molecule has 0 spiro atoms. The molecule has 0 aromatic carbocycles. The summed E-state index contributed by atoms with van der Waals surface area (Å²) in [6.45, 7) is 8.99. The minimum Gasteiger partial charge on any atom is -0.370 e. The first-order chi connectivity index (χ1) is 9.40. The summed E-state index contributed by atoms with van der Waals surface area (Å²) >= 11 is 0. The molecule has 21 heavy (non-hydrogen) atoms. The molecule has 0 bridgehead atoms. The molecule has 8 heteroatoms. The quantitative estimate of drug-likeness (QED) is 0.390. The van der Waals surface area contributed by atoms with Gasteiger partial charge in [-0.25, -0.2) is 12.7 Å². The van der Waals surface area contributed by atoms with E-state index in [4.69, 9.17) is 5.73 Å². The molecule has 126 valence electrons. The van der Waals surface area contributed by atoms with Gasteiger partial charge in [-0.2, -0.15) is 0 Å². The van der Waals surface area contributed by atoms with Crippen molar-refractivity contribution in [2.45, 2.75) is 33.6 Å². The lowest BCUT2D eigenvalue weighted by Crippen LogP contribution is -2.43. The molecule has 1 rings (SSSR count). The van der Waals surface area contributed by atoms with Crippen molar-refractivity contribution < 1.29 is 8.42 Å². The first kappa shape index (κ1) is 20.9. The zero-order chi connectivity index (χ0) is 15.2. The number of guanidine groups is 1. The largest absolute Gasteiger partial charge is 0.370 e. The summed E-state index contributed by atoms with van der Waals surface area (Å²) in [5.41, 5.74) is 5.93. The normalized spacial score (nSPS) is 17.9. The lowest BCUT2D eigenvalue weighted by atomic mass is 10.00. The van der Waals surface area contributed by atoms with Gasteiger partial charge in [0.05, 0.1) is 12.3 Å². The average molecular weight is 432 g/mol. The van der Waals surface area contributed by atoms with Crippen molar-refractivity contribution in [2.75, 3.05) is 38.5 Å². The van der Waals surface area contributed by atoms with Gasteiger partial charge in [0.15, 0.2) is 5.96 Å². The molecule has 0 unspecified atom stereocenters. The SMILES string of the molecule is CCN(CC)S(=O)(=O)CCN=C(N)N1CCC(C)CC1.I. The first-order valence-electron chi connectivity index (χ1n) is 7.43. The number of sulfonamides is 1. The van der Waals surface area contributed by atoms with Gasteiger partial charge in [-0.15, -0.1) is 24.0 Å². The minimum atomic E-state index is -3.21. The molecule has 1 aliphatic rings. The number of piperidine rings is 1. The predicted molar refractivity (Wildman–Crippen MR) is 98.6 cm³/mol. The lowest BCUT2D eigenvalue weighted by molar-refractivity contribution is 0.278. The standard InChI is InChI=1S/C13H28N4O2S.HI/c1-4-17(5-2)20(18,19)11-8-15-13(14)16-9-6-12(3)7-10-16;/h12H,4-11H2,1-3H3,(H2,14,15);1H. The Balaban J connectivity index is 0.00000400. The van der Waals surface area contributed by atoms with Crippen molar-refractivity contribution >= 4 is 40.0 Å². The second-order valence-corrected chi connectivity index (χ2v) is 7.40. The van der Waals surface area contributed by atoms with E-state index in [0.717, 1.165) is 31.8 Å². The van der Waals surface area contributed by atoms with Crippen LogP contribution in [0.25, 0.3) is 0 Å². The van der Waals surface area contributed by atoms with Gasteiger partial charge in [-0.1, -0.05) is 20.8 Å². The van der Waals surface area contributed by atoms with E-state index >= 15 is 0 Å². The van der Waals surface area contributed by atoms with Gasteiger partial charge in [0, 0.05) is 26.2 Å². The highest BCUT2D eigenvalue weighted by molar-refractivity contribution is 14.0. The summed E-state index contributed by atoms with van der Waals surface area (Å²) in [6.07, 6.45) is 2.24. The maximum atomic E-state index is 12.0. The summed E-state index contributed by atoms with van der Waals surface area (Å²) in [5, 5.41) is 0. The fraction of sp³-hybridized carbons (Fsp3) is 0.923. The number of halogens is 1. The van der Waals surface area contributed by atoms with Crippen LogP contribution in [0.2, 0.25) is 0 Å². The van der Waals surface area contributed by atoms with Gasteiger partial charge in [0.25, 0.3) is 0 Å². The summed E-state index contributed by atoms with van der Waals surface area (Å²) in [4.78, 5) is 6.27. The lowest BCUT2D eigenvalue weighted by Gasteiger charge is -2.31. The van der Waals surface area contributed by atoms with Crippen molar-refractivity contribution in [3.8, 4) is 0 Å². The predicted octanol–water partition coefficient (Wildman–Crippen LogP) is 1.32. The molecule has 0 aliphatic carbocycles. The van der Waals surface area contributed by atoms with Gasteiger partial charge >= 0.3 is 0 Å². The highest BCUT2D eigenvalue weighted by Gasteiger charge is 2.19. The number of likely N-dealkylation sites (tertiary alicyclic amines) is 1. The van der Waals surface area contributed by atoms with E-state index in [-0.39, 0.29) is 36.3 Å². The number of nitrogens with two attached hydrogens (primary N) is 1. The molecule has 1 saturated heterocycles. The van der Waals surface area contributed by atoms with Crippen LogP contribution in [-0.2, 0) is 10.0 Å². The zero-order valence-electron chi connectivity index (χ0n) is 13.3. The Morgan fingerprint density at radius 1 is 1.29 bits per heavy atom. The van der Waals surface area contributed by atoms with Gasteiger partial charge in [0.1, 0.15) is 0 Å². The van der Waals surface area contributed by atoms with Crippen LogP contribution in [-0.4, -0.2) is 62.1 Å². The Morgan fingerprint density at radius 3 is 2.29 bits per heavy atom. The molecule has 0 amide bonds. The highest BCUT2D eigenvalue weighted by atomic mass is 127. The molecule has 2 N–H and O–H groups in total. The Bertz CT molecular complexity index is 416. The van der Waals surface area contributed by atoms with Crippen LogP contribution in [0.5, 0.6) is 0 Å². The molecule has 0 radical (unpaired) electrons. The maximum Gasteiger partial charge on any atom is 0.215 e. The summed E-state index contributed by atoms with van der Waals surface area (Å²) < 4.78 is 25.5. The van der Waals surface area contributed by atoms with Crippen molar-refractivity contribution in [1.82, 2.24) is 9.21 Å². The van der Waals surface area contributed by atoms with Crippen molar-refractivity contribution in [3.63, 3.8) is 0 Å². The zero-order valence-corrected chi connectivity index (χ0v) is 16.4. The Morgan fingerprint density at radius 2 is 1.81 bits per heavy atom. The Labute approximate surface area is 146 Å². The van der Waals surface area contributed by atoms with Gasteiger partial charge in [0.2, 0.25) is 10.0 Å². The number of nitrogens with zero attached hydrogens (tertiary/aromatic N) is 3. The molecule has 0 atom stereocenters. The van der Waals surface area contributed by atoms with E-state index in [1.807, 2.05) is 18.7 Å². The van der Waals surface area contributed by atoms with Crippen molar-refractivity contribution in [2.24, 2.45) is 16.6 Å². The molecule has 1 heterocycles. The van der Waals surface area contributed by atoms with Crippen molar-refractivity contribution in [3.05, 3.63) is 0 Å². The third-order valence-electron chi connectivity index (χ3n) is 3.83. The monoisotopic (exact) mass is 432 g/mol. The number of aliphatic imine (C=N–C) groups is 1. The van der Waals surface area contributed by atoms with E-state index in [1.54, 1.807) is 0 Å². The van der Waals surface area contributed by atoms with Gasteiger partial charge in [-0.3, -0.25) is 4.99 Å². The van der Waals surface area contributed by atoms with E-state index < -0.39 is 10.0 Å². The topological polar surface area (TPSA) is 79.0 Å². The van der Waals surface area contributed by atoms with Crippen LogP contribution in [0.15, 0.2) is 4.99 Å². The molecule has 1 fully saturated rings. The molecule has 6 nitrogen and oxygen atoms in total. The van der Waals surface area contributed by atoms with Crippen LogP contribution in [0.4, 0.5) is 0 Å². The third kappa shape index (κ3) is 6.68. The maximum absolute atomic E-state index is 12.0. The van der Waals surface area contributed by atoms with Crippen LogP contribution >= 0.6 is 24.0 Å². The Hall–Kier alpha value is -0.0900. The Kier molecular flexibility index (Phi) is 9.79. The molecular formula is C13H29IN4O2S. The number of hydrogen-bond acceptors (Lipinski definition) is 3. The molecule has 1 aliphatic heterocycles. The average Bonchev–Trinajstić information content (AvgIpc) is 2.40. The fourth-order valence-electron chi connectivity index (χ4n) is 2.36. The van der Waals surface area contributed by atoms with E-state index in [1.165, 1.54) is 4.31 Å². The summed E-state index contributed by atoms with van der Waals surface area (Å²) in [7, 11) is -3.21. The second-order valence-electron chi connectivity index (χ2n) is 5.31. The molecule has 0 aromatic rings. The number of rotatable bonds is 6. The van der Waals surface area contributed by atoms with Crippen LogP contribution < -0.4 is 5.73 Å². The van der Waals surface area contributed by atoms with Crippen molar-refractivity contribution in [1.29, 1.82) is 0 Å². The summed E-state index contributed by atoms with van der Waals surface area (Å²) in [6, 6.07) is 0. The minimum absolute atomic E-state index is 0. The first-order valence-corrected chi connectivity index (χ1v) is 9.04. The molecule has 0 saturated carbocycles. The van der Waals surface area contributed by atoms with E-state index in [2.05, 4.69) is 11.9 Å². The molecular weight excluding hydrogens is 403 g/mol. The molecule has 0 aromatic heterocycles.